The van der Waals surface area contributed by atoms with E-state index in [1.807, 2.05) is 0 Å². The van der Waals surface area contributed by atoms with Gasteiger partial charge in [0.2, 0.25) is 0 Å². The number of nitrogens with one attached hydrogen (secondary N) is 1. The molecule has 0 aliphatic heterocycles. The number of anilines is 1. The Labute approximate surface area is 137 Å². The SMILES string of the molecule is CS/C(=N\S(=O)(=O)c1cccs1)Nc1ccc(C(C)=O)cc1. The number of thiophene rings is 1. The molecule has 0 bridgehead atoms. The molecule has 0 amide bonds. The van der Waals surface area contributed by atoms with Crippen molar-refractivity contribution in [2.45, 2.75) is 11.1 Å². The van der Waals surface area contributed by atoms with Crippen molar-refractivity contribution < 1.29 is 13.2 Å². The van der Waals surface area contributed by atoms with Crippen LogP contribution in [-0.2, 0) is 10.0 Å². The molecule has 5 nitrogen and oxygen atoms in total. The maximum Gasteiger partial charge on any atom is 0.294 e. The maximum atomic E-state index is 12.1. The normalized spacial score (nSPS) is 12.2. The number of carbonyl (C=O) groups is 1. The summed E-state index contributed by atoms with van der Waals surface area (Å²) in [6.07, 6.45) is 1.74. The molecule has 0 unspecified atom stereocenters. The minimum Gasteiger partial charge on any atom is -0.334 e. The molecule has 1 aromatic heterocycles. The monoisotopic (exact) mass is 354 g/mol. The first-order valence-corrected chi connectivity index (χ1v) is 9.77. The number of thioether (sulfide) groups is 1. The van der Waals surface area contributed by atoms with Gasteiger partial charge in [-0.2, -0.15) is 8.42 Å². The number of amidine groups is 1. The highest BCUT2D eigenvalue weighted by Crippen LogP contribution is 2.20. The van der Waals surface area contributed by atoms with E-state index in [4.69, 9.17) is 0 Å². The van der Waals surface area contributed by atoms with Gasteiger partial charge >= 0.3 is 0 Å². The van der Waals surface area contributed by atoms with E-state index in [1.165, 1.54) is 24.8 Å². The van der Waals surface area contributed by atoms with Gasteiger partial charge in [0.05, 0.1) is 0 Å². The molecular weight excluding hydrogens is 340 g/mol. The molecule has 0 radical (unpaired) electrons. The third-order valence-electron chi connectivity index (χ3n) is 2.69. The van der Waals surface area contributed by atoms with Crippen LogP contribution in [0.3, 0.4) is 0 Å². The Morgan fingerprint density at radius 3 is 2.41 bits per heavy atom. The average Bonchev–Trinajstić information content (AvgIpc) is 3.02. The fraction of sp³-hybridized carbons (Fsp3) is 0.143. The van der Waals surface area contributed by atoms with Crippen molar-refractivity contribution in [3.05, 3.63) is 47.3 Å². The molecule has 1 aromatic carbocycles. The van der Waals surface area contributed by atoms with Gasteiger partial charge in [-0.3, -0.25) is 4.79 Å². The van der Waals surface area contributed by atoms with Gasteiger partial charge in [0.25, 0.3) is 10.0 Å². The molecule has 2 aromatic rings. The van der Waals surface area contributed by atoms with Crippen LogP contribution >= 0.6 is 23.1 Å². The quantitative estimate of drug-likeness (QED) is 0.517. The number of carbonyl (C=O) groups excluding carboxylic acids is 1. The number of Topliss-reactive ketones (excluding diaryl/α,β-unsaturated/α-hetero) is 1. The van der Waals surface area contributed by atoms with Crippen LogP contribution in [0.1, 0.15) is 17.3 Å². The predicted octanol–water partition coefficient (Wildman–Crippen LogP) is 3.47. The summed E-state index contributed by atoms with van der Waals surface area (Å²) in [6, 6.07) is 9.95. The molecule has 0 spiro atoms. The Kier molecular flexibility index (Phi) is 5.38. The van der Waals surface area contributed by atoms with Crippen LogP contribution in [0.2, 0.25) is 0 Å². The summed E-state index contributed by atoms with van der Waals surface area (Å²) in [6.45, 7) is 1.49. The number of rotatable bonds is 4. The zero-order valence-electron chi connectivity index (χ0n) is 11.9. The number of benzene rings is 1. The van der Waals surface area contributed by atoms with Gasteiger partial charge in [-0.15, -0.1) is 15.7 Å². The highest BCUT2D eigenvalue weighted by atomic mass is 32.2. The Morgan fingerprint density at radius 2 is 1.91 bits per heavy atom. The first-order chi connectivity index (χ1) is 10.4. The maximum absolute atomic E-state index is 12.1. The molecule has 22 heavy (non-hydrogen) atoms. The fourth-order valence-electron chi connectivity index (χ4n) is 1.59. The van der Waals surface area contributed by atoms with Crippen molar-refractivity contribution in [1.82, 2.24) is 0 Å². The average molecular weight is 354 g/mol. The minimum atomic E-state index is -3.70. The van der Waals surface area contributed by atoms with E-state index < -0.39 is 10.0 Å². The van der Waals surface area contributed by atoms with Crippen molar-refractivity contribution in [3.8, 4) is 0 Å². The summed E-state index contributed by atoms with van der Waals surface area (Å²) in [4.78, 5) is 11.2. The first-order valence-electron chi connectivity index (χ1n) is 6.23. The molecule has 0 saturated heterocycles. The number of hydrogen-bond donors (Lipinski definition) is 1. The molecule has 0 atom stereocenters. The summed E-state index contributed by atoms with van der Waals surface area (Å²) in [7, 11) is -3.70. The molecule has 0 aliphatic rings. The van der Waals surface area contributed by atoms with Gasteiger partial charge in [-0.05, 0) is 48.9 Å². The molecule has 0 saturated carbocycles. The number of sulfonamides is 1. The Morgan fingerprint density at radius 1 is 1.23 bits per heavy atom. The van der Waals surface area contributed by atoms with E-state index in [2.05, 4.69) is 9.71 Å². The van der Waals surface area contributed by atoms with Crippen LogP contribution in [0, 0.1) is 0 Å². The topological polar surface area (TPSA) is 75.6 Å². The van der Waals surface area contributed by atoms with Gasteiger partial charge in [0.15, 0.2) is 11.0 Å². The Bertz CT molecular complexity index is 779. The van der Waals surface area contributed by atoms with Crippen LogP contribution in [0.25, 0.3) is 0 Å². The molecule has 1 N–H and O–H groups in total. The smallest absolute Gasteiger partial charge is 0.294 e. The van der Waals surface area contributed by atoms with Crippen molar-refractivity contribution in [1.29, 1.82) is 0 Å². The van der Waals surface area contributed by atoms with Crippen LogP contribution < -0.4 is 5.32 Å². The molecule has 116 valence electrons. The van der Waals surface area contributed by atoms with Crippen LogP contribution in [0.4, 0.5) is 5.69 Å². The molecule has 1 heterocycles. The Balaban J connectivity index is 2.22. The molecule has 8 heteroatoms. The van der Waals surface area contributed by atoms with Gasteiger partial charge < -0.3 is 5.32 Å². The highest BCUT2D eigenvalue weighted by Gasteiger charge is 2.15. The largest absolute Gasteiger partial charge is 0.334 e. The minimum absolute atomic E-state index is 0.0226. The second-order valence-corrected chi connectivity index (χ2v) is 7.84. The molecule has 2 rings (SSSR count). The number of hydrogen-bond acceptors (Lipinski definition) is 5. The van der Waals surface area contributed by atoms with Crippen molar-refractivity contribution in [2.24, 2.45) is 4.40 Å². The Hall–Kier alpha value is -1.64. The van der Waals surface area contributed by atoms with Gasteiger partial charge in [0.1, 0.15) is 4.21 Å². The van der Waals surface area contributed by atoms with Gasteiger partial charge in [-0.1, -0.05) is 17.8 Å². The lowest BCUT2D eigenvalue weighted by atomic mass is 10.1. The summed E-state index contributed by atoms with van der Waals surface area (Å²) in [5, 5.41) is 4.90. The van der Waals surface area contributed by atoms with Crippen molar-refractivity contribution in [3.63, 3.8) is 0 Å². The number of ketones is 1. The second-order valence-electron chi connectivity index (χ2n) is 4.27. The summed E-state index contributed by atoms with van der Waals surface area (Å²) < 4.78 is 28.3. The summed E-state index contributed by atoms with van der Waals surface area (Å²) >= 11 is 2.32. The second kappa shape index (κ2) is 7.08. The fourth-order valence-corrected chi connectivity index (χ4v) is 4.22. The summed E-state index contributed by atoms with van der Waals surface area (Å²) in [5.41, 5.74) is 1.26. The zero-order valence-corrected chi connectivity index (χ0v) is 14.4. The summed E-state index contributed by atoms with van der Waals surface area (Å²) in [5.74, 6) is -0.0226. The lowest BCUT2D eigenvalue weighted by Crippen LogP contribution is -2.10. The van der Waals surface area contributed by atoms with E-state index in [9.17, 15) is 13.2 Å². The van der Waals surface area contributed by atoms with Crippen molar-refractivity contribution in [2.75, 3.05) is 11.6 Å². The van der Waals surface area contributed by atoms with Gasteiger partial charge in [-0.25, -0.2) is 0 Å². The van der Waals surface area contributed by atoms with Crippen LogP contribution in [0.5, 0.6) is 0 Å². The molecule has 0 fully saturated rings. The van der Waals surface area contributed by atoms with Crippen LogP contribution in [0.15, 0.2) is 50.4 Å². The van der Waals surface area contributed by atoms with Gasteiger partial charge in [0, 0.05) is 11.3 Å². The molecule has 0 aliphatic carbocycles. The van der Waals surface area contributed by atoms with E-state index in [1.54, 1.807) is 42.0 Å². The molecular formula is C14H14N2O3S3. The third-order valence-corrected chi connectivity index (χ3v) is 6.03. The van der Waals surface area contributed by atoms with E-state index in [0.717, 1.165) is 11.3 Å². The highest BCUT2D eigenvalue weighted by molar-refractivity contribution is 8.14. The van der Waals surface area contributed by atoms with Crippen molar-refractivity contribution >= 4 is 49.8 Å². The van der Waals surface area contributed by atoms with E-state index >= 15 is 0 Å². The van der Waals surface area contributed by atoms with E-state index in [-0.39, 0.29) is 15.2 Å². The zero-order chi connectivity index (χ0) is 16.2. The number of nitrogens with zero attached hydrogens (tertiary/aromatic N) is 1. The lowest BCUT2D eigenvalue weighted by molar-refractivity contribution is 0.101. The predicted molar refractivity (Wildman–Crippen MR) is 92.5 cm³/mol. The van der Waals surface area contributed by atoms with E-state index in [0.29, 0.717) is 11.3 Å². The first kappa shape index (κ1) is 16.7. The third kappa shape index (κ3) is 4.19. The van der Waals surface area contributed by atoms with Crippen LogP contribution in [-0.4, -0.2) is 25.6 Å². The standard InChI is InChI=1S/C14H14N2O3S3/c1-10(17)11-5-7-12(8-6-11)15-14(20-2)16-22(18,19)13-4-3-9-21-13/h3-9H,1-2H3,(H,15,16). The lowest BCUT2D eigenvalue weighted by Gasteiger charge is -2.07.